The average Bonchev–Trinajstić information content (AvgIpc) is 2.55. The van der Waals surface area contributed by atoms with Crippen molar-refractivity contribution in [3.63, 3.8) is 0 Å². The number of nitrogens with zero attached hydrogens (tertiary/aromatic N) is 1. The van der Waals surface area contributed by atoms with Crippen molar-refractivity contribution in [3.8, 4) is 6.07 Å². The van der Waals surface area contributed by atoms with Gasteiger partial charge < -0.3 is 0 Å². The van der Waals surface area contributed by atoms with Gasteiger partial charge in [-0.2, -0.15) is 5.26 Å². The first kappa shape index (κ1) is 16.7. The van der Waals surface area contributed by atoms with E-state index in [2.05, 4.69) is 13.0 Å². The quantitative estimate of drug-likeness (QED) is 0.450. The Hall–Kier alpha value is -1.62. The Bertz CT molecular complexity index is 543. The minimum absolute atomic E-state index is 0.146. The predicted molar refractivity (Wildman–Crippen MR) is 89.2 cm³/mol. The van der Waals surface area contributed by atoms with Gasteiger partial charge in [0.25, 0.3) is 0 Å². The molecule has 0 atom stereocenters. The molecule has 0 N–H and O–H groups in total. The van der Waals surface area contributed by atoms with Crippen LogP contribution >= 0.6 is 0 Å². The summed E-state index contributed by atoms with van der Waals surface area (Å²) in [5.41, 5.74) is 2.78. The highest BCUT2D eigenvalue weighted by atomic mass is 19.1. The van der Waals surface area contributed by atoms with E-state index in [-0.39, 0.29) is 11.4 Å². The highest BCUT2D eigenvalue weighted by Crippen LogP contribution is 2.36. The SMILES string of the molecule is CCCCCCC=C1CCC(c2ccc(C#N)c(F)c2)CC1. The molecule has 0 bridgehead atoms. The number of halogens is 1. The lowest BCUT2D eigenvalue weighted by atomic mass is 9.81. The van der Waals surface area contributed by atoms with Crippen LogP contribution in [0.5, 0.6) is 0 Å². The maximum absolute atomic E-state index is 13.7. The lowest BCUT2D eigenvalue weighted by molar-refractivity contribution is 0.510. The Morgan fingerprint density at radius 2 is 2.00 bits per heavy atom. The van der Waals surface area contributed by atoms with Gasteiger partial charge in [0.2, 0.25) is 0 Å². The van der Waals surface area contributed by atoms with Crippen molar-refractivity contribution in [2.24, 2.45) is 0 Å². The monoisotopic (exact) mass is 299 g/mol. The molecule has 2 rings (SSSR count). The zero-order chi connectivity index (χ0) is 15.8. The first-order chi connectivity index (χ1) is 10.7. The Morgan fingerprint density at radius 3 is 2.64 bits per heavy atom. The summed E-state index contributed by atoms with van der Waals surface area (Å²) >= 11 is 0. The van der Waals surface area contributed by atoms with Crippen molar-refractivity contribution in [1.29, 1.82) is 5.26 Å². The fourth-order valence-electron chi connectivity index (χ4n) is 3.28. The van der Waals surface area contributed by atoms with E-state index in [1.807, 2.05) is 12.1 Å². The Morgan fingerprint density at radius 1 is 1.23 bits per heavy atom. The Labute approximate surface area is 133 Å². The molecule has 1 aromatic carbocycles. The fraction of sp³-hybridized carbons (Fsp3) is 0.550. The zero-order valence-electron chi connectivity index (χ0n) is 13.6. The van der Waals surface area contributed by atoms with Crippen molar-refractivity contribution < 1.29 is 4.39 Å². The minimum atomic E-state index is -0.378. The maximum atomic E-state index is 13.7. The first-order valence-corrected chi connectivity index (χ1v) is 8.62. The summed E-state index contributed by atoms with van der Waals surface area (Å²) in [6.07, 6.45) is 13.4. The molecule has 1 nitrogen and oxygen atoms in total. The van der Waals surface area contributed by atoms with Crippen molar-refractivity contribution in [2.45, 2.75) is 70.6 Å². The molecule has 0 heterocycles. The van der Waals surface area contributed by atoms with Crippen molar-refractivity contribution in [1.82, 2.24) is 0 Å². The van der Waals surface area contributed by atoms with E-state index in [0.29, 0.717) is 5.92 Å². The number of hydrogen-bond acceptors (Lipinski definition) is 1. The summed E-state index contributed by atoms with van der Waals surface area (Å²) in [5.74, 6) is 0.0664. The summed E-state index contributed by atoms with van der Waals surface area (Å²) < 4.78 is 13.7. The molecule has 1 aliphatic rings. The van der Waals surface area contributed by atoms with Crippen molar-refractivity contribution >= 4 is 0 Å². The molecule has 22 heavy (non-hydrogen) atoms. The molecule has 0 saturated heterocycles. The van der Waals surface area contributed by atoms with Crippen LogP contribution < -0.4 is 0 Å². The molecule has 0 aliphatic heterocycles. The maximum Gasteiger partial charge on any atom is 0.141 e. The second kappa shape index (κ2) is 8.73. The number of benzene rings is 1. The molecule has 1 saturated carbocycles. The molecular formula is C20H26FN. The summed E-state index contributed by atoms with van der Waals surface area (Å²) in [5, 5.41) is 8.79. The molecule has 0 spiro atoms. The van der Waals surface area contributed by atoms with Crippen LogP contribution in [0, 0.1) is 17.1 Å². The second-order valence-corrected chi connectivity index (χ2v) is 6.34. The largest absolute Gasteiger partial charge is 0.206 e. The minimum Gasteiger partial charge on any atom is -0.206 e. The number of unbranched alkanes of at least 4 members (excludes halogenated alkanes) is 4. The van der Waals surface area contributed by atoms with E-state index in [0.717, 1.165) is 31.2 Å². The van der Waals surface area contributed by atoms with E-state index < -0.39 is 0 Å². The molecule has 0 amide bonds. The van der Waals surface area contributed by atoms with Gasteiger partial charge in [-0.1, -0.05) is 43.9 Å². The molecule has 2 heteroatoms. The number of nitriles is 1. The van der Waals surface area contributed by atoms with Gasteiger partial charge in [0.05, 0.1) is 5.56 Å². The third-order valence-corrected chi connectivity index (χ3v) is 4.70. The number of allylic oxidation sites excluding steroid dienone is 2. The fourth-order valence-corrected chi connectivity index (χ4v) is 3.28. The molecular weight excluding hydrogens is 273 g/mol. The topological polar surface area (TPSA) is 23.8 Å². The predicted octanol–water partition coefficient (Wildman–Crippen LogP) is 6.25. The lowest BCUT2D eigenvalue weighted by Crippen LogP contribution is -2.07. The number of rotatable bonds is 6. The lowest BCUT2D eigenvalue weighted by Gasteiger charge is -2.24. The summed E-state index contributed by atoms with van der Waals surface area (Å²) in [6, 6.07) is 6.98. The standard InChI is InChI=1S/C20H26FN/c1-2-3-4-5-6-7-16-8-10-17(11-9-16)18-12-13-19(15-22)20(21)14-18/h7,12-14,17H,2-6,8-11H2,1H3. The van der Waals surface area contributed by atoms with E-state index >= 15 is 0 Å². The molecule has 1 fully saturated rings. The van der Waals surface area contributed by atoms with Crippen LogP contribution in [0.15, 0.2) is 29.8 Å². The Kier molecular flexibility index (Phi) is 6.65. The Balaban J connectivity index is 1.83. The van der Waals surface area contributed by atoms with Gasteiger partial charge in [0, 0.05) is 0 Å². The van der Waals surface area contributed by atoms with E-state index in [1.54, 1.807) is 17.7 Å². The molecule has 1 aliphatic carbocycles. The van der Waals surface area contributed by atoms with Crippen molar-refractivity contribution in [2.75, 3.05) is 0 Å². The van der Waals surface area contributed by atoms with Gasteiger partial charge in [-0.05, 0) is 62.1 Å². The summed E-state index contributed by atoms with van der Waals surface area (Å²) in [7, 11) is 0. The van der Waals surface area contributed by atoms with E-state index in [9.17, 15) is 4.39 Å². The van der Waals surface area contributed by atoms with Crippen LogP contribution in [-0.4, -0.2) is 0 Å². The molecule has 118 valence electrons. The van der Waals surface area contributed by atoms with Crippen LogP contribution in [0.3, 0.4) is 0 Å². The van der Waals surface area contributed by atoms with Crippen LogP contribution in [0.2, 0.25) is 0 Å². The third kappa shape index (κ3) is 4.70. The summed E-state index contributed by atoms with van der Waals surface area (Å²) in [6.45, 7) is 2.24. The van der Waals surface area contributed by atoms with E-state index in [4.69, 9.17) is 5.26 Å². The normalized spacial score (nSPS) is 18.0. The highest BCUT2D eigenvalue weighted by Gasteiger charge is 2.19. The van der Waals surface area contributed by atoms with Gasteiger partial charge in [0.1, 0.15) is 11.9 Å². The molecule has 0 radical (unpaired) electrons. The van der Waals surface area contributed by atoms with Crippen LogP contribution in [0.4, 0.5) is 4.39 Å². The van der Waals surface area contributed by atoms with Crippen molar-refractivity contribution in [3.05, 3.63) is 46.8 Å². The smallest absolute Gasteiger partial charge is 0.141 e. The highest BCUT2D eigenvalue weighted by molar-refractivity contribution is 5.35. The first-order valence-electron chi connectivity index (χ1n) is 8.62. The second-order valence-electron chi connectivity index (χ2n) is 6.34. The van der Waals surface area contributed by atoms with Gasteiger partial charge in [0.15, 0.2) is 0 Å². The van der Waals surface area contributed by atoms with Gasteiger partial charge in [-0.25, -0.2) is 4.39 Å². The number of hydrogen-bond donors (Lipinski definition) is 0. The van der Waals surface area contributed by atoms with Gasteiger partial charge in [-0.3, -0.25) is 0 Å². The molecule has 1 aromatic rings. The van der Waals surface area contributed by atoms with E-state index in [1.165, 1.54) is 32.1 Å². The zero-order valence-corrected chi connectivity index (χ0v) is 13.6. The average molecular weight is 299 g/mol. The van der Waals surface area contributed by atoms with Crippen LogP contribution in [-0.2, 0) is 0 Å². The van der Waals surface area contributed by atoms with Crippen LogP contribution in [0.25, 0.3) is 0 Å². The molecule has 0 aromatic heterocycles. The summed E-state index contributed by atoms with van der Waals surface area (Å²) in [4.78, 5) is 0. The van der Waals surface area contributed by atoms with Gasteiger partial charge in [-0.15, -0.1) is 0 Å². The van der Waals surface area contributed by atoms with Gasteiger partial charge >= 0.3 is 0 Å². The third-order valence-electron chi connectivity index (χ3n) is 4.70. The van der Waals surface area contributed by atoms with Crippen LogP contribution in [0.1, 0.15) is 81.8 Å². The molecule has 0 unspecified atom stereocenters.